The normalized spacial score (nSPS) is 15.4. The van der Waals surface area contributed by atoms with Crippen LogP contribution in [-0.2, 0) is 0 Å². The molecular formula is C13H12F3N3O2. The molecule has 5 nitrogen and oxygen atoms in total. The van der Waals surface area contributed by atoms with Gasteiger partial charge >= 0.3 is 6.18 Å². The number of pyridine rings is 1. The summed E-state index contributed by atoms with van der Waals surface area (Å²) in [5.74, 6) is -0.554. The molecule has 2 heterocycles. The average molecular weight is 299 g/mol. The van der Waals surface area contributed by atoms with E-state index >= 15 is 0 Å². The van der Waals surface area contributed by atoms with Gasteiger partial charge in [-0.05, 0) is 25.8 Å². The van der Waals surface area contributed by atoms with Gasteiger partial charge in [-0.15, -0.1) is 0 Å². The number of carbonyl (C=O) groups is 1. The molecule has 2 aromatic rings. The summed E-state index contributed by atoms with van der Waals surface area (Å²) in [6, 6.07) is 1.54. The summed E-state index contributed by atoms with van der Waals surface area (Å²) in [6.07, 6.45) is -2.55. The maximum atomic E-state index is 12.2. The molecule has 0 aromatic carbocycles. The smallest absolute Gasteiger partial charge is 0.343 e. The Labute approximate surface area is 117 Å². The molecule has 8 heteroatoms. The highest BCUT2D eigenvalue weighted by Gasteiger charge is 2.31. The Morgan fingerprint density at radius 3 is 2.81 bits per heavy atom. The minimum Gasteiger partial charge on any atom is -0.343 e. The van der Waals surface area contributed by atoms with Crippen molar-refractivity contribution in [2.75, 3.05) is 6.54 Å². The Bertz CT molecular complexity index is 704. The van der Waals surface area contributed by atoms with Crippen molar-refractivity contribution in [2.45, 2.75) is 31.9 Å². The first-order chi connectivity index (χ1) is 9.85. The van der Waals surface area contributed by atoms with Gasteiger partial charge in [0.2, 0.25) is 0 Å². The molecule has 2 aromatic heterocycles. The Morgan fingerprint density at radius 1 is 1.48 bits per heavy atom. The fourth-order valence-electron chi connectivity index (χ4n) is 2.16. The monoisotopic (exact) mass is 299 g/mol. The molecule has 21 heavy (non-hydrogen) atoms. The molecule has 0 atom stereocenters. The van der Waals surface area contributed by atoms with Crippen molar-refractivity contribution < 1.29 is 22.5 Å². The zero-order valence-corrected chi connectivity index (χ0v) is 11.1. The second-order valence-corrected chi connectivity index (χ2v) is 5.11. The second kappa shape index (κ2) is 4.71. The molecule has 0 saturated heterocycles. The van der Waals surface area contributed by atoms with Crippen LogP contribution in [-0.4, -0.2) is 28.8 Å². The number of hydrogen-bond acceptors (Lipinski definition) is 4. The zero-order valence-electron chi connectivity index (χ0n) is 11.1. The van der Waals surface area contributed by atoms with E-state index in [-0.39, 0.29) is 17.2 Å². The van der Waals surface area contributed by atoms with Crippen LogP contribution >= 0.6 is 0 Å². The summed E-state index contributed by atoms with van der Waals surface area (Å²) in [4.78, 5) is 16.3. The third-order valence-electron chi connectivity index (χ3n) is 3.33. The number of nitrogens with zero attached hydrogens (tertiary/aromatic N) is 2. The Kier molecular flexibility index (Phi) is 3.11. The molecular weight excluding hydrogens is 287 g/mol. The number of nitrogens with one attached hydrogen (secondary N) is 1. The standard InChI is InChI=1S/C13H12F3N3O2/c1-6-10-8(11(20)17-5-13(14,15)16)4-9(7-2-3-7)18-12(10)21-19-6/h4,7H,2-3,5H2,1H3,(H,17,20). The van der Waals surface area contributed by atoms with E-state index < -0.39 is 18.6 Å². The Morgan fingerprint density at radius 2 is 2.19 bits per heavy atom. The van der Waals surface area contributed by atoms with E-state index in [0.29, 0.717) is 16.8 Å². The predicted octanol–water partition coefficient (Wildman–Crippen LogP) is 2.70. The topological polar surface area (TPSA) is 68.0 Å². The van der Waals surface area contributed by atoms with Gasteiger partial charge < -0.3 is 9.84 Å². The number of fused-ring (bicyclic) bond motifs is 1. The highest BCUT2D eigenvalue weighted by atomic mass is 19.4. The number of aromatic nitrogens is 2. The fraction of sp³-hybridized carbons (Fsp3) is 0.462. The van der Waals surface area contributed by atoms with Crippen molar-refractivity contribution in [3.05, 3.63) is 23.0 Å². The summed E-state index contributed by atoms with van der Waals surface area (Å²) in [5, 5.41) is 5.96. The van der Waals surface area contributed by atoms with Crippen LogP contribution in [0.25, 0.3) is 11.1 Å². The van der Waals surface area contributed by atoms with Gasteiger partial charge in [0.15, 0.2) is 0 Å². The van der Waals surface area contributed by atoms with Crippen LogP contribution in [0.5, 0.6) is 0 Å². The van der Waals surface area contributed by atoms with Gasteiger partial charge in [0.25, 0.3) is 11.6 Å². The summed E-state index contributed by atoms with van der Waals surface area (Å²) in [7, 11) is 0. The number of rotatable bonds is 3. The lowest BCUT2D eigenvalue weighted by Crippen LogP contribution is -2.33. The molecule has 0 bridgehead atoms. The predicted molar refractivity (Wildman–Crippen MR) is 66.9 cm³/mol. The van der Waals surface area contributed by atoms with Crippen LogP contribution in [0.1, 0.15) is 40.5 Å². The lowest BCUT2D eigenvalue weighted by molar-refractivity contribution is -0.123. The molecule has 1 fully saturated rings. The maximum absolute atomic E-state index is 12.2. The molecule has 1 saturated carbocycles. The Balaban J connectivity index is 1.98. The third-order valence-corrected chi connectivity index (χ3v) is 3.33. The second-order valence-electron chi connectivity index (χ2n) is 5.11. The molecule has 112 valence electrons. The summed E-state index contributed by atoms with van der Waals surface area (Å²) >= 11 is 0. The third kappa shape index (κ3) is 2.84. The molecule has 0 aliphatic heterocycles. The lowest BCUT2D eigenvalue weighted by atomic mass is 10.1. The average Bonchev–Trinajstić information content (AvgIpc) is 3.19. The molecule has 0 spiro atoms. The number of hydrogen-bond donors (Lipinski definition) is 1. The lowest BCUT2D eigenvalue weighted by Gasteiger charge is -2.09. The largest absolute Gasteiger partial charge is 0.405 e. The molecule has 1 N–H and O–H groups in total. The first-order valence-corrected chi connectivity index (χ1v) is 6.47. The van der Waals surface area contributed by atoms with Crippen molar-refractivity contribution in [1.29, 1.82) is 0 Å². The number of halogens is 3. The van der Waals surface area contributed by atoms with E-state index in [1.807, 2.05) is 5.32 Å². The van der Waals surface area contributed by atoms with E-state index in [9.17, 15) is 18.0 Å². The summed E-state index contributed by atoms with van der Waals surface area (Å²) in [5.41, 5.74) is 1.41. The SMILES string of the molecule is Cc1noc2nc(C3CC3)cc(C(=O)NCC(F)(F)F)c12. The van der Waals surface area contributed by atoms with Crippen LogP contribution in [0, 0.1) is 6.92 Å². The van der Waals surface area contributed by atoms with Crippen molar-refractivity contribution >= 4 is 17.0 Å². The molecule has 3 rings (SSSR count). The molecule has 1 amide bonds. The van der Waals surface area contributed by atoms with Gasteiger partial charge in [-0.2, -0.15) is 13.2 Å². The van der Waals surface area contributed by atoms with Crippen molar-refractivity contribution in [1.82, 2.24) is 15.5 Å². The minimum absolute atomic E-state index is 0.130. The van der Waals surface area contributed by atoms with Gasteiger partial charge in [0.1, 0.15) is 6.54 Å². The molecule has 1 aliphatic carbocycles. The van der Waals surface area contributed by atoms with Crippen molar-refractivity contribution in [3.63, 3.8) is 0 Å². The quantitative estimate of drug-likeness (QED) is 0.946. The summed E-state index contributed by atoms with van der Waals surface area (Å²) in [6.45, 7) is 0.240. The van der Waals surface area contributed by atoms with Gasteiger partial charge in [0, 0.05) is 11.6 Å². The number of alkyl halides is 3. The van der Waals surface area contributed by atoms with Gasteiger partial charge in [-0.1, -0.05) is 5.16 Å². The highest BCUT2D eigenvalue weighted by molar-refractivity contribution is 6.06. The fourth-order valence-corrected chi connectivity index (χ4v) is 2.16. The Hall–Kier alpha value is -2.12. The molecule has 1 aliphatic rings. The van der Waals surface area contributed by atoms with Gasteiger partial charge in [0.05, 0.1) is 16.6 Å². The number of aryl methyl sites for hydroxylation is 1. The van der Waals surface area contributed by atoms with Crippen LogP contribution in [0.3, 0.4) is 0 Å². The van der Waals surface area contributed by atoms with Crippen molar-refractivity contribution in [2.24, 2.45) is 0 Å². The molecule has 0 radical (unpaired) electrons. The zero-order chi connectivity index (χ0) is 15.2. The van der Waals surface area contributed by atoms with Crippen LogP contribution < -0.4 is 5.32 Å². The maximum Gasteiger partial charge on any atom is 0.405 e. The first-order valence-electron chi connectivity index (χ1n) is 6.47. The van der Waals surface area contributed by atoms with Crippen LogP contribution in [0.2, 0.25) is 0 Å². The van der Waals surface area contributed by atoms with E-state index in [1.165, 1.54) is 6.07 Å². The number of amides is 1. The van der Waals surface area contributed by atoms with Gasteiger partial charge in [-0.25, -0.2) is 4.98 Å². The number of carbonyl (C=O) groups excluding carboxylic acids is 1. The minimum atomic E-state index is -4.45. The first kappa shape index (κ1) is 13.8. The van der Waals surface area contributed by atoms with E-state index in [1.54, 1.807) is 6.92 Å². The van der Waals surface area contributed by atoms with E-state index in [2.05, 4.69) is 10.1 Å². The highest BCUT2D eigenvalue weighted by Crippen LogP contribution is 2.40. The van der Waals surface area contributed by atoms with Crippen LogP contribution in [0.15, 0.2) is 10.6 Å². The van der Waals surface area contributed by atoms with E-state index in [4.69, 9.17) is 4.52 Å². The summed E-state index contributed by atoms with van der Waals surface area (Å²) < 4.78 is 41.7. The van der Waals surface area contributed by atoms with E-state index in [0.717, 1.165) is 12.8 Å². The van der Waals surface area contributed by atoms with Crippen molar-refractivity contribution in [3.8, 4) is 0 Å². The molecule has 0 unspecified atom stereocenters. The van der Waals surface area contributed by atoms with Gasteiger partial charge in [-0.3, -0.25) is 4.79 Å². The van der Waals surface area contributed by atoms with Crippen LogP contribution in [0.4, 0.5) is 13.2 Å².